The van der Waals surface area contributed by atoms with E-state index in [-0.39, 0.29) is 0 Å². The smallest absolute Gasteiger partial charge is 0.129 e. The van der Waals surface area contributed by atoms with E-state index in [1.54, 1.807) is 0 Å². The number of benzene rings is 1. The van der Waals surface area contributed by atoms with Crippen LogP contribution >= 0.6 is 0 Å². The van der Waals surface area contributed by atoms with Crippen molar-refractivity contribution in [1.29, 1.82) is 0 Å². The number of nitrogens with zero attached hydrogens (tertiary/aromatic N) is 3. The molecule has 4 heteroatoms. The lowest BCUT2D eigenvalue weighted by atomic mass is 10.1. The van der Waals surface area contributed by atoms with Gasteiger partial charge in [-0.3, -0.25) is 4.90 Å². The van der Waals surface area contributed by atoms with E-state index in [4.69, 9.17) is 9.72 Å². The molecule has 2 saturated heterocycles. The van der Waals surface area contributed by atoms with Gasteiger partial charge in [0.05, 0.1) is 24.3 Å². The van der Waals surface area contributed by atoms with Crippen molar-refractivity contribution in [1.82, 2.24) is 9.88 Å². The summed E-state index contributed by atoms with van der Waals surface area (Å²) in [5.41, 5.74) is 1.06. The third-order valence-corrected chi connectivity index (χ3v) is 4.49. The van der Waals surface area contributed by atoms with Crippen LogP contribution in [-0.4, -0.2) is 55.3 Å². The molecule has 0 spiro atoms. The van der Waals surface area contributed by atoms with Crippen LogP contribution in [0.5, 0.6) is 0 Å². The molecule has 3 heterocycles. The Morgan fingerprint density at radius 1 is 1.15 bits per heavy atom. The minimum Gasteiger partial charge on any atom is -0.373 e. The Balaban J connectivity index is 1.63. The summed E-state index contributed by atoms with van der Waals surface area (Å²) in [6.45, 7) is 3.82. The van der Waals surface area contributed by atoms with Gasteiger partial charge < -0.3 is 9.64 Å². The zero-order valence-electron chi connectivity index (χ0n) is 11.7. The largest absolute Gasteiger partial charge is 0.373 e. The number of fused-ring (bicyclic) bond motifs is 2. The van der Waals surface area contributed by atoms with E-state index in [2.05, 4.69) is 47.2 Å². The van der Waals surface area contributed by atoms with Gasteiger partial charge in [-0.25, -0.2) is 4.98 Å². The number of hydrogen-bond donors (Lipinski definition) is 0. The quantitative estimate of drug-likeness (QED) is 0.788. The van der Waals surface area contributed by atoms with Crippen molar-refractivity contribution in [2.24, 2.45) is 0 Å². The van der Waals surface area contributed by atoms with Gasteiger partial charge in [0, 0.05) is 25.0 Å². The molecule has 1 aromatic carbocycles. The first-order chi connectivity index (χ1) is 9.81. The van der Waals surface area contributed by atoms with E-state index in [9.17, 15) is 0 Å². The highest BCUT2D eigenvalue weighted by molar-refractivity contribution is 5.80. The molecule has 2 unspecified atom stereocenters. The van der Waals surface area contributed by atoms with E-state index in [1.807, 2.05) is 6.07 Å². The fraction of sp³-hybridized carbons (Fsp3) is 0.438. The first kappa shape index (κ1) is 12.1. The van der Waals surface area contributed by atoms with Crippen LogP contribution in [-0.2, 0) is 4.74 Å². The van der Waals surface area contributed by atoms with Crippen LogP contribution in [0.3, 0.4) is 0 Å². The molecule has 0 saturated carbocycles. The Morgan fingerprint density at radius 2 is 2.05 bits per heavy atom. The summed E-state index contributed by atoms with van der Waals surface area (Å²) in [7, 11) is 2.19. The summed E-state index contributed by atoms with van der Waals surface area (Å²) >= 11 is 0. The van der Waals surface area contributed by atoms with Crippen LogP contribution in [0.15, 0.2) is 36.4 Å². The minimum absolute atomic E-state index is 0.321. The van der Waals surface area contributed by atoms with Crippen molar-refractivity contribution in [3.8, 4) is 0 Å². The molecule has 0 bridgehead atoms. The summed E-state index contributed by atoms with van der Waals surface area (Å²) < 4.78 is 5.90. The average molecular weight is 269 g/mol. The van der Waals surface area contributed by atoms with Crippen molar-refractivity contribution >= 4 is 16.7 Å². The van der Waals surface area contributed by atoms with Gasteiger partial charge >= 0.3 is 0 Å². The summed E-state index contributed by atoms with van der Waals surface area (Å²) in [5, 5.41) is 1.20. The molecule has 0 N–H and O–H groups in total. The monoisotopic (exact) mass is 269 g/mol. The van der Waals surface area contributed by atoms with Crippen molar-refractivity contribution in [3.05, 3.63) is 36.4 Å². The standard InChI is InChI=1S/C16H19N3O/c1-18-8-9-20-15-11-19(10-14(15)18)16-7-6-12-4-2-3-5-13(12)17-16/h2-7,14-15H,8-11H2,1H3. The molecule has 20 heavy (non-hydrogen) atoms. The van der Waals surface area contributed by atoms with Gasteiger partial charge in [0.15, 0.2) is 0 Å². The predicted molar refractivity (Wildman–Crippen MR) is 80.1 cm³/mol. The lowest BCUT2D eigenvalue weighted by Gasteiger charge is -2.33. The molecular formula is C16H19N3O. The van der Waals surface area contributed by atoms with Crippen molar-refractivity contribution < 1.29 is 4.74 Å². The number of morpholine rings is 1. The second kappa shape index (κ2) is 4.72. The Bertz CT molecular complexity index is 630. The molecule has 2 aromatic rings. The number of para-hydroxylation sites is 1. The second-order valence-corrected chi connectivity index (χ2v) is 5.72. The molecule has 2 fully saturated rings. The molecule has 0 radical (unpaired) electrons. The average Bonchev–Trinajstić information content (AvgIpc) is 2.92. The van der Waals surface area contributed by atoms with Gasteiger partial charge in [0.2, 0.25) is 0 Å². The van der Waals surface area contributed by atoms with E-state index >= 15 is 0 Å². The Labute approximate surface area is 119 Å². The van der Waals surface area contributed by atoms with Gasteiger partial charge in [0.25, 0.3) is 0 Å². The minimum atomic E-state index is 0.321. The molecule has 2 aliphatic heterocycles. The highest BCUT2D eigenvalue weighted by atomic mass is 16.5. The Morgan fingerprint density at radius 3 is 2.95 bits per heavy atom. The number of ether oxygens (including phenoxy) is 1. The number of likely N-dealkylation sites (N-methyl/N-ethyl adjacent to an activating group) is 1. The summed E-state index contributed by atoms with van der Waals surface area (Å²) in [5.74, 6) is 1.06. The van der Waals surface area contributed by atoms with Gasteiger partial charge in [-0.1, -0.05) is 18.2 Å². The lowest BCUT2D eigenvalue weighted by molar-refractivity contribution is -0.0362. The van der Waals surface area contributed by atoms with E-state index in [1.165, 1.54) is 5.39 Å². The zero-order chi connectivity index (χ0) is 13.5. The first-order valence-corrected chi connectivity index (χ1v) is 7.24. The highest BCUT2D eigenvalue weighted by Crippen LogP contribution is 2.26. The number of pyridine rings is 1. The van der Waals surface area contributed by atoms with Crippen LogP contribution in [0.1, 0.15) is 0 Å². The van der Waals surface area contributed by atoms with Gasteiger partial charge in [-0.15, -0.1) is 0 Å². The Kier molecular flexibility index (Phi) is 2.86. The predicted octanol–water partition coefficient (Wildman–Crippen LogP) is 1.75. The normalized spacial score (nSPS) is 26.9. The second-order valence-electron chi connectivity index (χ2n) is 5.72. The maximum Gasteiger partial charge on any atom is 0.129 e. The van der Waals surface area contributed by atoms with Gasteiger partial charge in [-0.05, 0) is 25.2 Å². The fourth-order valence-electron chi connectivity index (χ4n) is 3.28. The van der Waals surface area contributed by atoms with Crippen molar-refractivity contribution in [2.45, 2.75) is 12.1 Å². The molecule has 1 aromatic heterocycles. The van der Waals surface area contributed by atoms with Crippen LogP contribution in [0.2, 0.25) is 0 Å². The van der Waals surface area contributed by atoms with Gasteiger partial charge in [0.1, 0.15) is 5.82 Å². The molecule has 0 aliphatic carbocycles. The maximum absolute atomic E-state index is 5.90. The fourth-order valence-corrected chi connectivity index (χ4v) is 3.28. The molecular weight excluding hydrogens is 250 g/mol. The lowest BCUT2D eigenvalue weighted by Crippen LogP contribution is -2.48. The number of anilines is 1. The number of aromatic nitrogens is 1. The number of hydrogen-bond acceptors (Lipinski definition) is 4. The van der Waals surface area contributed by atoms with Crippen LogP contribution in [0, 0.1) is 0 Å². The maximum atomic E-state index is 5.90. The van der Waals surface area contributed by atoms with Crippen LogP contribution < -0.4 is 4.90 Å². The van der Waals surface area contributed by atoms with E-state index < -0.39 is 0 Å². The SMILES string of the molecule is CN1CCOC2CN(c3ccc4ccccc4n3)CC21. The molecule has 4 nitrogen and oxygen atoms in total. The summed E-state index contributed by atoms with van der Waals surface area (Å²) in [4.78, 5) is 9.55. The molecule has 4 rings (SSSR count). The zero-order valence-corrected chi connectivity index (χ0v) is 11.7. The Hall–Kier alpha value is -1.65. The summed E-state index contributed by atoms with van der Waals surface area (Å²) in [6.07, 6.45) is 0.321. The number of rotatable bonds is 1. The van der Waals surface area contributed by atoms with E-state index in [0.29, 0.717) is 12.1 Å². The molecule has 2 aliphatic rings. The topological polar surface area (TPSA) is 28.6 Å². The highest BCUT2D eigenvalue weighted by Gasteiger charge is 2.38. The molecule has 104 valence electrons. The van der Waals surface area contributed by atoms with Crippen LogP contribution in [0.25, 0.3) is 10.9 Å². The third-order valence-electron chi connectivity index (χ3n) is 4.49. The van der Waals surface area contributed by atoms with Crippen molar-refractivity contribution in [2.75, 3.05) is 38.2 Å². The molecule has 2 atom stereocenters. The van der Waals surface area contributed by atoms with Gasteiger partial charge in [-0.2, -0.15) is 0 Å². The van der Waals surface area contributed by atoms with Crippen molar-refractivity contribution in [3.63, 3.8) is 0 Å². The summed E-state index contributed by atoms with van der Waals surface area (Å²) in [6, 6.07) is 13.1. The molecule has 0 amide bonds. The van der Waals surface area contributed by atoms with E-state index in [0.717, 1.165) is 37.6 Å². The first-order valence-electron chi connectivity index (χ1n) is 7.24. The van der Waals surface area contributed by atoms with Crippen LogP contribution in [0.4, 0.5) is 5.82 Å². The third kappa shape index (κ3) is 1.96.